The van der Waals surface area contributed by atoms with E-state index >= 15 is 0 Å². The van der Waals surface area contributed by atoms with Crippen molar-refractivity contribution >= 4 is 18.6 Å². The van der Waals surface area contributed by atoms with Gasteiger partial charge in [0.05, 0.1) is 0 Å². The van der Waals surface area contributed by atoms with E-state index in [-0.39, 0.29) is 0 Å². The third-order valence-electron chi connectivity index (χ3n) is 1.67. The van der Waals surface area contributed by atoms with Crippen LogP contribution >= 0.6 is 0 Å². The molecule has 0 spiro atoms. The van der Waals surface area contributed by atoms with Crippen molar-refractivity contribution in [3.05, 3.63) is 11.3 Å². The third-order valence-corrected chi connectivity index (χ3v) is 1.67. The SMILES string of the molecule is C=N/C(C)=C(/C=NC)C(C)=NCC. The van der Waals surface area contributed by atoms with Crippen molar-refractivity contribution in [1.29, 1.82) is 0 Å². The molecule has 0 atom stereocenters. The molecule has 0 rings (SSSR count). The van der Waals surface area contributed by atoms with Gasteiger partial charge >= 0.3 is 0 Å². The lowest BCUT2D eigenvalue weighted by Crippen LogP contribution is -2.02. The highest BCUT2D eigenvalue weighted by molar-refractivity contribution is 6.15. The molecule has 0 fully saturated rings. The second-order valence-electron chi connectivity index (χ2n) is 2.60. The highest BCUT2D eigenvalue weighted by Crippen LogP contribution is 2.05. The van der Waals surface area contributed by atoms with Crippen LogP contribution in [0.3, 0.4) is 0 Å². The zero-order valence-electron chi connectivity index (χ0n) is 8.83. The lowest BCUT2D eigenvalue weighted by Gasteiger charge is -2.02. The van der Waals surface area contributed by atoms with Crippen LogP contribution in [-0.4, -0.2) is 32.2 Å². The molecule has 0 aromatic carbocycles. The fraction of sp³-hybridized carbons (Fsp3) is 0.500. The van der Waals surface area contributed by atoms with Gasteiger partial charge in [-0.15, -0.1) is 0 Å². The molecule has 0 aromatic heterocycles. The van der Waals surface area contributed by atoms with Gasteiger partial charge in [0.2, 0.25) is 0 Å². The van der Waals surface area contributed by atoms with Gasteiger partial charge in [-0.2, -0.15) is 0 Å². The first-order valence-corrected chi connectivity index (χ1v) is 4.28. The fourth-order valence-corrected chi connectivity index (χ4v) is 0.985. The molecular formula is C10H17N3. The van der Waals surface area contributed by atoms with Crippen LogP contribution in [0.1, 0.15) is 20.8 Å². The summed E-state index contributed by atoms with van der Waals surface area (Å²) in [5.41, 5.74) is 2.78. The predicted molar refractivity (Wildman–Crippen MR) is 60.3 cm³/mol. The molecule has 3 heteroatoms. The molecule has 13 heavy (non-hydrogen) atoms. The summed E-state index contributed by atoms with van der Waals surface area (Å²) in [5.74, 6) is 0. The minimum Gasteiger partial charge on any atom is -0.296 e. The van der Waals surface area contributed by atoms with Crippen molar-refractivity contribution in [3.8, 4) is 0 Å². The van der Waals surface area contributed by atoms with Crippen molar-refractivity contribution in [1.82, 2.24) is 0 Å². The molecule has 0 saturated heterocycles. The van der Waals surface area contributed by atoms with E-state index in [4.69, 9.17) is 0 Å². The summed E-state index contributed by atoms with van der Waals surface area (Å²) in [4.78, 5) is 12.1. The number of aliphatic imine (C=N–C) groups is 3. The van der Waals surface area contributed by atoms with Crippen LogP contribution in [0.5, 0.6) is 0 Å². The van der Waals surface area contributed by atoms with Gasteiger partial charge in [0.25, 0.3) is 0 Å². The number of nitrogens with zero attached hydrogens (tertiary/aromatic N) is 3. The molecular weight excluding hydrogens is 162 g/mol. The lowest BCUT2D eigenvalue weighted by molar-refractivity contribution is 1.12. The summed E-state index contributed by atoms with van der Waals surface area (Å²) < 4.78 is 0. The fourth-order valence-electron chi connectivity index (χ4n) is 0.985. The van der Waals surface area contributed by atoms with Crippen LogP contribution in [0.15, 0.2) is 26.2 Å². The molecule has 0 radical (unpaired) electrons. The summed E-state index contributed by atoms with van der Waals surface area (Å²) in [6.45, 7) is 10.1. The average Bonchev–Trinajstić information content (AvgIpc) is 2.13. The van der Waals surface area contributed by atoms with Crippen molar-refractivity contribution in [2.24, 2.45) is 15.0 Å². The topological polar surface area (TPSA) is 37.1 Å². The summed E-state index contributed by atoms with van der Waals surface area (Å²) in [7, 11) is 1.73. The molecule has 0 N–H and O–H groups in total. The zero-order valence-corrected chi connectivity index (χ0v) is 8.83. The highest BCUT2D eigenvalue weighted by atomic mass is 14.8. The van der Waals surface area contributed by atoms with E-state index in [1.807, 2.05) is 20.8 Å². The van der Waals surface area contributed by atoms with E-state index in [2.05, 4.69) is 21.7 Å². The van der Waals surface area contributed by atoms with Crippen molar-refractivity contribution in [3.63, 3.8) is 0 Å². The molecule has 3 nitrogen and oxygen atoms in total. The largest absolute Gasteiger partial charge is 0.296 e. The second-order valence-corrected chi connectivity index (χ2v) is 2.60. The van der Waals surface area contributed by atoms with Crippen LogP contribution in [-0.2, 0) is 0 Å². The monoisotopic (exact) mass is 179 g/mol. The Bertz CT molecular complexity index is 259. The summed E-state index contributed by atoms with van der Waals surface area (Å²) in [6.07, 6.45) is 1.76. The molecule has 0 aliphatic heterocycles. The lowest BCUT2D eigenvalue weighted by atomic mass is 10.1. The molecule has 0 unspecified atom stereocenters. The van der Waals surface area contributed by atoms with E-state index in [0.717, 1.165) is 23.5 Å². The first-order chi connectivity index (χ1) is 6.17. The van der Waals surface area contributed by atoms with E-state index in [1.54, 1.807) is 13.3 Å². The summed E-state index contributed by atoms with van der Waals surface area (Å²) in [5, 5.41) is 0. The van der Waals surface area contributed by atoms with E-state index in [9.17, 15) is 0 Å². The van der Waals surface area contributed by atoms with E-state index in [0.29, 0.717) is 0 Å². The maximum absolute atomic E-state index is 4.29. The van der Waals surface area contributed by atoms with Crippen molar-refractivity contribution < 1.29 is 0 Å². The Labute approximate surface area is 80.0 Å². The van der Waals surface area contributed by atoms with Gasteiger partial charge in [-0.3, -0.25) is 15.0 Å². The van der Waals surface area contributed by atoms with Gasteiger partial charge in [0.15, 0.2) is 0 Å². The van der Waals surface area contributed by atoms with Crippen LogP contribution in [0.2, 0.25) is 0 Å². The Balaban J connectivity index is 5.03. The molecule has 0 amide bonds. The van der Waals surface area contributed by atoms with Crippen LogP contribution < -0.4 is 0 Å². The normalized spacial score (nSPS) is 14.6. The predicted octanol–water partition coefficient (Wildman–Crippen LogP) is 2.14. The van der Waals surface area contributed by atoms with Crippen molar-refractivity contribution in [2.45, 2.75) is 20.8 Å². The quantitative estimate of drug-likeness (QED) is 0.593. The first-order valence-electron chi connectivity index (χ1n) is 4.28. The second kappa shape index (κ2) is 6.29. The van der Waals surface area contributed by atoms with E-state index in [1.165, 1.54) is 0 Å². The Morgan fingerprint density at radius 2 is 2.00 bits per heavy atom. The van der Waals surface area contributed by atoms with Gasteiger partial charge < -0.3 is 0 Å². The Hall–Kier alpha value is -1.25. The minimum atomic E-state index is 0.775. The minimum absolute atomic E-state index is 0.775. The number of hydrogen-bond acceptors (Lipinski definition) is 3. The molecule has 0 heterocycles. The third kappa shape index (κ3) is 3.78. The molecule has 0 aromatic rings. The van der Waals surface area contributed by atoms with Crippen LogP contribution in [0, 0.1) is 0 Å². The van der Waals surface area contributed by atoms with Gasteiger partial charge in [-0.25, -0.2) is 0 Å². The maximum Gasteiger partial charge on any atom is 0.0471 e. The molecule has 0 aliphatic rings. The molecule has 0 bridgehead atoms. The van der Waals surface area contributed by atoms with Crippen LogP contribution in [0.4, 0.5) is 0 Å². The standard InChI is InChI=1S/C10H17N3/c1-6-13-9(3)10(7-11-4)8(2)12-5/h7H,5-6H2,1-4H3/b10-8-,11-7?,13-9?. The highest BCUT2D eigenvalue weighted by Gasteiger charge is 2.01. The maximum atomic E-state index is 4.29. The van der Waals surface area contributed by atoms with Crippen molar-refractivity contribution in [2.75, 3.05) is 13.6 Å². The number of hydrogen-bond donors (Lipinski definition) is 0. The van der Waals surface area contributed by atoms with Gasteiger partial charge in [0, 0.05) is 36.8 Å². The summed E-state index contributed by atoms with van der Waals surface area (Å²) in [6, 6.07) is 0. The van der Waals surface area contributed by atoms with Gasteiger partial charge in [-0.1, -0.05) is 0 Å². The Morgan fingerprint density at radius 3 is 2.38 bits per heavy atom. The Kier molecular flexibility index (Phi) is 5.68. The first kappa shape index (κ1) is 11.8. The molecule has 0 aliphatic carbocycles. The van der Waals surface area contributed by atoms with Crippen LogP contribution in [0.25, 0.3) is 0 Å². The van der Waals surface area contributed by atoms with Gasteiger partial charge in [-0.05, 0) is 27.5 Å². The molecule has 72 valence electrons. The molecule has 0 saturated carbocycles. The number of allylic oxidation sites excluding steroid dienone is 2. The summed E-state index contributed by atoms with van der Waals surface area (Å²) >= 11 is 0. The zero-order chi connectivity index (χ0) is 10.3. The van der Waals surface area contributed by atoms with Gasteiger partial charge in [0.1, 0.15) is 0 Å². The van der Waals surface area contributed by atoms with E-state index < -0.39 is 0 Å². The number of rotatable bonds is 4. The average molecular weight is 179 g/mol. The Morgan fingerprint density at radius 1 is 1.38 bits per heavy atom. The smallest absolute Gasteiger partial charge is 0.0471 e.